The Bertz CT molecular complexity index is 1130. The molecule has 0 spiro atoms. The number of nitrogens with one attached hydrogen (secondary N) is 1. The summed E-state index contributed by atoms with van der Waals surface area (Å²) >= 11 is 6.38. The Morgan fingerprint density at radius 2 is 2.08 bits per heavy atom. The van der Waals surface area contributed by atoms with Crippen LogP contribution in [-0.2, 0) is 9.84 Å². The summed E-state index contributed by atoms with van der Waals surface area (Å²) in [5.74, 6) is -0.107. The van der Waals surface area contributed by atoms with E-state index in [0.717, 1.165) is 33.4 Å². The first-order valence-electron chi connectivity index (χ1n) is 8.39. The standard InChI is InChI=1S/C19H18ClN3O2S/c1-3-26(24,25)13-6-4-5-12(8-13)15-10-21-18(20)17-16(15)14-7-11(2)9-22-19(14)23-17/h4-10,15,18H,3H2,1-2H3,(H,22,23). The van der Waals surface area contributed by atoms with Gasteiger partial charge in [0.15, 0.2) is 15.3 Å². The van der Waals surface area contributed by atoms with Gasteiger partial charge >= 0.3 is 0 Å². The van der Waals surface area contributed by atoms with Crippen molar-refractivity contribution in [3.63, 3.8) is 0 Å². The van der Waals surface area contributed by atoms with Gasteiger partial charge in [0.05, 0.1) is 16.3 Å². The Kier molecular flexibility index (Phi) is 4.12. The second-order valence-corrected chi connectivity index (χ2v) is 9.14. The Morgan fingerprint density at radius 3 is 2.85 bits per heavy atom. The van der Waals surface area contributed by atoms with E-state index in [2.05, 4.69) is 21.0 Å². The number of halogens is 1. The predicted octanol–water partition coefficient (Wildman–Crippen LogP) is 4.12. The van der Waals surface area contributed by atoms with Gasteiger partial charge in [-0.2, -0.15) is 0 Å². The molecule has 7 heteroatoms. The third-order valence-electron chi connectivity index (χ3n) is 4.73. The van der Waals surface area contributed by atoms with E-state index in [1.54, 1.807) is 37.5 Å². The van der Waals surface area contributed by atoms with Crippen molar-refractivity contribution in [2.45, 2.75) is 30.2 Å². The first-order chi connectivity index (χ1) is 12.4. The Morgan fingerprint density at radius 1 is 1.27 bits per heavy atom. The zero-order chi connectivity index (χ0) is 18.5. The van der Waals surface area contributed by atoms with E-state index in [-0.39, 0.29) is 11.7 Å². The van der Waals surface area contributed by atoms with Crippen molar-refractivity contribution < 1.29 is 8.42 Å². The monoisotopic (exact) mass is 387 g/mol. The third kappa shape index (κ3) is 2.73. The summed E-state index contributed by atoms with van der Waals surface area (Å²) in [6, 6.07) is 9.13. The lowest BCUT2D eigenvalue weighted by atomic mass is 9.88. The highest BCUT2D eigenvalue weighted by molar-refractivity contribution is 7.91. The number of hydrogen-bond donors (Lipinski definition) is 1. The van der Waals surface area contributed by atoms with E-state index in [0.29, 0.717) is 4.90 Å². The van der Waals surface area contributed by atoms with Gasteiger partial charge in [0.25, 0.3) is 0 Å². The molecule has 0 saturated carbocycles. The van der Waals surface area contributed by atoms with Gasteiger partial charge < -0.3 is 4.98 Å². The van der Waals surface area contributed by atoms with Crippen molar-refractivity contribution in [3.8, 4) is 0 Å². The summed E-state index contributed by atoms with van der Waals surface area (Å²) in [5, 5.41) is 0.991. The molecular weight excluding hydrogens is 370 g/mol. The molecule has 1 aliphatic rings. The van der Waals surface area contributed by atoms with E-state index in [4.69, 9.17) is 11.6 Å². The lowest BCUT2D eigenvalue weighted by Crippen LogP contribution is -2.12. The number of aromatic nitrogens is 2. The van der Waals surface area contributed by atoms with Crippen LogP contribution in [0, 0.1) is 6.92 Å². The summed E-state index contributed by atoms with van der Waals surface area (Å²) in [7, 11) is -3.27. The summed E-state index contributed by atoms with van der Waals surface area (Å²) in [6.45, 7) is 3.64. The predicted molar refractivity (Wildman–Crippen MR) is 104 cm³/mol. The normalized spacial score (nSPS) is 19.7. The molecule has 26 heavy (non-hydrogen) atoms. The number of H-pyrrole nitrogens is 1. The number of pyridine rings is 1. The molecule has 0 aliphatic carbocycles. The molecule has 134 valence electrons. The van der Waals surface area contributed by atoms with Crippen LogP contribution in [-0.4, -0.2) is 30.4 Å². The Labute approximate surface area is 157 Å². The number of aliphatic imine (C=N–C) groups is 1. The van der Waals surface area contributed by atoms with Gasteiger partial charge in [-0.25, -0.2) is 13.4 Å². The second-order valence-electron chi connectivity index (χ2n) is 6.45. The lowest BCUT2D eigenvalue weighted by Gasteiger charge is -2.21. The van der Waals surface area contributed by atoms with Gasteiger partial charge in [0.1, 0.15) is 5.65 Å². The fraction of sp³-hybridized carbons (Fsp3) is 0.263. The largest absolute Gasteiger partial charge is 0.340 e. The van der Waals surface area contributed by atoms with E-state index in [1.807, 2.05) is 13.0 Å². The maximum atomic E-state index is 12.3. The molecule has 2 atom stereocenters. The molecule has 1 N–H and O–H groups in total. The number of fused-ring (bicyclic) bond motifs is 3. The number of hydrogen-bond acceptors (Lipinski definition) is 4. The molecule has 2 unspecified atom stereocenters. The highest BCUT2D eigenvalue weighted by atomic mass is 35.5. The minimum absolute atomic E-state index is 0.0699. The van der Waals surface area contributed by atoms with Crippen molar-refractivity contribution in [1.29, 1.82) is 0 Å². The van der Waals surface area contributed by atoms with Gasteiger partial charge in [-0.15, -0.1) is 0 Å². The van der Waals surface area contributed by atoms with Crippen molar-refractivity contribution in [2.24, 2.45) is 4.99 Å². The van der Waals surface area contributed by atoms with E-state index in [1.165, 1.54) is 0 Å². The molecule has 2 aromatic heterocycles. The lowest BCUT2D eigenvalue weighted by molar-refractivity contribution is 0.597. The van der Waals surface area contributed by atoms with Crippen LogP contribution in [0.5, 0.6) is 0 Å². The molecular formula is C19H18ClN3O2S. The number of benzene rings is 1. The number of rotatable bonds is 3. The van der Waals surface area contributed by atoms with Crippen molar-refractivity contribution >= 4 is 38.7 Å². The van der Waals surface area contributed by atoms with Gasteiger partial charge in [-0.3, -0.25) is 4.99 Å². The highest BCUT2D eigenvalue weighted by Crippen LogP contribution is 2.41. The van der Waals surface area contributed by atoms with Crippen molar-refractivity contribution in [2.75, 3.05) is 5.75 Å². The Hall–Kier alpha value is -2.18. The molecule has 4 rings (SSSR count). The minimum atomic E-state index is -3.27. The smallest absolute Gasteiger partial charge is 0.178 e. The van der Waals surface area contributed by atoms with E-state index < -0.39 is 15.3 Å². The third-order valence-corrected chi connectivity index (χ3v) is 6.79. The van der Waals surface area contributed by atoms with Gasteiger partial charge in [-0.05, 0) is 41.8 Å². The Balaban J connectivity index is 1.93. The van der Waals surface area contributed by atoms with Crippen LogP contribution in [0.2, 0.25) is 0 Å². The second kappa shape index (κ2) is 6.21. The first-order valence-corrected chi connectivity index (χ1v) is 10.5. The summed E-state index contributed by atoms with van der Waals surface area (Å²) in [6.07, 6.45) is 3.60. The minimum Gasteiger partial charge on any atom is -0.340 e. The summed E-state index contributed by atoms with van der Waals surface area (Å²) in [5.41, 5.74) is 4.01. The molecule has 0 saturated heterocycles. The number of aromatic amines is 1. The topological polar surface area (TPSA) is 75.2 Å². The maximum absolute atomic E-state index is 12.3. The summed E-state index contributed by atoms with van der Waals surface area (Å²) < 4.78 is 24.5. The molecule has 0 radical (unpaired) electrons. The van der Waals surface area contributed by atoms with Gasteiger partial charge in [0.2, 0.25) is 0 Å². The number of nitrogens with zero attached hydrogens (tertiary/aromatic N) is 2. The van der Waals surface area contributed by atoms with Gasteiger partial charge in [-0.1, -0.05) is 30.7 Å². The van der Waals surface area contributed by atoms with E-state index in [9.17, 15) is 8.42 Å². The van der Waals surface area contributed by atoms with Crippen molar-refractivity contribution in [3.05, 3.63) is 58.9 Å². The molecule has 3 aromatic rings. The average Bonchev–Trinajstić information content (AvgIpc) is 3.02. The SMILES string of the molecule is CCS(=O)(=O)c1cccc(C2C=NC(Cl)c3[nH]c4ncc(C)cc4c32)c1. The number of sulfone groups is 1. The van der Waals surface area contributed by atoms with Gasteiger partial charge in [0, 0.05) is 23.7 Å². The molecule has 0 bridgehead atoms. The quantitative estimate of drug-likeness (QED) is 0.542. The van der Waals surface area contributed by atoms with Crippen LogP contribution >= 0.6 is 11.6 Å². The average molecular weight is 388 g/mol. The molecule has 0 amide bonds. The van der Waals surface area contributed by atoms with Crippen LogP contribution in [0.3, 0.4) is 0 Å². The molecule has 3 heterocycles. The molecule has 1 aliphatic heterocycles. The summed E-state index contributed by atoms with van der Waals surface area (Å²) in [4.78, 5) is 12.4. The molecule has 0 fully saturated rings. The zero-order valence-electron chi connectivity index (χ0n) is 14.4. The maximum Gasteiger partial charge on any atom is 0.178 e. The number of alkyl halides is 1. The highest BCUT2D eigenvalue weighted by Gasteiger charge is 2.29. The zero-order valence-corrected chi connectivity index (χ0v) is 16.0. The van der Waals surface area contributed by atoms with E-state index >= 15 is 0 Å². The fourth-order valence-electron chi connectivity index (χ4n) is 3.37. The van der Waals surface area contributed by atoms with Crippen molar-refractivity contribution in [1.82, 2.24) is 9.97 Å². The van der Waals surface area contributed by atoms with Crippen LogP contribution in [0.1, 0.15) is 40.7 Å². The number of aryl methyl sites for hydroxylation is 1. The molecule has 5 nitrogen and oxygen atoms in total. The fourth-order valence-corrected chi connectivity index (χ4v) is 4.54. The van der Waals surface area contributed by atoms with Crippen LogP contribution < -0.4 is 0 Å². The molecule has 1 aromatic carbocycles. The van der Waals surface area contributed by atoms with Crippen LogP contribution in [0.15, 0.2) is 46.4 Å². The van der Waals surface area contributed by atoms with Crippen LogP contribution in [0.4, 0.5) is 0 Å². The van der Waals surface area contributed by atoms with Crippen LogP contribution in [0.25, 0.3) is 11.0 Å². The first kappa shape index (κ1) is 17.2.